The van der Waals surface area contributed by atoms with E-state index >= 15 is 0 Å². The third-order valence-electron chi connectivity index (χ3n) is 5.00. The maximum Gasteiger partial charge on any atom is 0.387 e. The SMILES string of the molecule is CN=c1scc(-c2ccc(OC(F)F)cc2)n1N=Cc1ccc(OCc2ccccc2)c(OC)c1. The molecule has 0 aliphatic heterocycles. The summed E-state index contributed by atoms with van der Waals surface area (Å²) >= 11 is 1.42. The van der Waals surface area contributed by atoms with Gasteiger partial charge in [0.2, 0.25) is 4.80 Å². The largest absolute Gasteiger partial charge is 0.493 e. The average Bonchev–Trinajstić information content (AvgIpc) is 3.30. The molecule has 0 radical (unpaired) electrons. The summed E-state index contributed by atoms with van der Waals surface area (Å²) in [5.41, 5.74) is 3.43. The van der Waals surface area contributed by atoms with Crippen LogP contribution in [-0.4, -0.2) is 31.7 Å². The summed E-state index contributed by atoms with van der Waals surface area (Å²) in [6, 6.07) is 21.9. The van der Waals surface area contributed by atoms with E-state index in [0.29, 0.717) is 22.9 Å². The van der Waals surface area contributed by atoms with E-state index in [2.05, 4.69) is 14.8 Å². The van der Waals surface area contributed by atoms with Gasteiger partial charge in [-0.25, -0.2) is 4.68 Å². The average molecular weight is 496 g/mol. The second-order valence-electron chi connectivity index (χ2n) is 7.27. The number of ether oxygens (including phenoxy) is 3. The van der Waals surface area contributed by atoms with Gasteiger partial charge in [0.25, 0.3) is 0 Å². The third-order valence-corrected chi connectivity index (χ3v) is 5.91. The first-order chi connectivity index (χ1) is 17.1. The van der Waals surface area contributed by atoms with Gasteiger partial charge in [0.1, 0.15) is 12.4 Å². The lowest BCUT2D eigenvalue weighted by atomic mass is 10.2. The number of hydrogen-bond acceptors (Lipinski definition) is 6. The zero-order valence-electron chi connectivity index (χ0n) is 19.1. The van der Waals surface area contributed by atoms with E-state index in [9.17, 15) is 8.78 Å². The lowest BCUT2D eigenvalue weighted by Gasteiger charge is -2.11. The Balaban J connectivity index is 1.56. The van der Waals surface area contributed by atoms with Gasteiger partial charge in [-0.15, -0.1) is 11.3 Å². The maximum atomic E-state index is 12.4. The minimum atomic E-state index is -2.87. The van der Waals surface area contributed by atoms with Crippen LogP contribution in [0.5, 0.6) is 17.2 Å². The van der Waals surface area contributed by atoms with Crippen LogP contribution < -0.4 is 19.0 Å². The van der Waals surface area contributed by atoms with Crippen LogP contribution in [-0.2, 0) is 6.61 Å². The fourth-order valence-corrected chi connectivity index (χ4v) is 4.12. The van der Waals surface area contributed by atoms with Crippen molar-refractivity contribution in [2.45, 2.75) is 13.2 Å². The van der Waals surface area contributed by atoms with Crippen LogP contribution in [0.1, 0.15) is 11.1 Å². The molecule has 0 spiro atoms. The van der Waals surface area contributed by atoms with Gasteiger partial charge in [0, 0.05) is 18.0 Å². The van der Waals surface area contributed by atoms with Crippen LogP contribution in [0.2, 0.25) is 0 Å². The summed E-state index contributed by atoms with van der Waals surface area (Å²) in [6.07, 6.45) is 1.70. The fraction of sp³-hybridized carbons (Fsp3) is 0.154. The first-order valence-electron chi connectivity index (χ1n) is 10.6. The van der Waals surface area contributed by atoms with E-state index in [1.54, 1.807) is 37.2 Å². The summed E-state index contributed by atoms with van der Waals surface area (Å²) in [5, 5.41) is 6.52. The number of nitrogens with zero attached hydrogens (tertiary/aromatic N) is 3. The number of halogens is 2. The van der Waals surface area contributed by atoms with Gasteiger partial charge < -0.3 is 14.2 Å². The van der Waals surface area contributed by atoms with Gasteiger partial charge in [-0.1, -0.05) is 30.3 Å². The molecule has 0 atom stereocenters. The van der Waals surface area contributed by atoms with Crippen molar-refractivity contribution in [3.8, 4) is 28.5 Å². The molecule has 180 valence electrons. The predicted octanol–water partition coefficient (Wildman–Crippen LogP) is 5.82. The molecular weight excluding hydrogens is 472 g/mol. The maximum absolute atomic E-state index is 12.4. The van der Waals surface area contributed by atoms with Gasteiger partial charge in [0.05, 0.1) is 19.0 Å². The van der Waals surface area contributed by atoms with Crippen LogP contribution >= 0.6 is 11.3 Å². The molecule has 0 amide bonds. The van der Waals surface area contributed by atoms with Crippen molar-refractivity contribution in [3.05, 3.63) is 94.1 Å². The Morgan fingerprint density at radius 3 is 2.46 bits per heavy atom. The molecule has 0 saturated carbocycles. The van der Waals surface area contributed by atoms with Crippen LogP contribution in [0.15, 0.2) is 88.3 Å². The van der Waals surface area contributed by atoms with Crippen molar-refractivity contribution in [2.24, 2.45) is 10.1 Å². The highest BCUT2D eigenvalue weighted by molar-refractivity contribution is 7.07. The second-order valence-corrected chi connectivity index (χ2v) is 8.11. The first kappa shape index (κ1) is 24.2. The van der Waals surface area contributed by atoms with Crippen LogP contribution in [0.3, 0.4) is 0 Å². The molecule has 0 bridgehead atoms. The quantitative estimate of drug-likeness (QED) is 0.275. The summed E-state index contributed by atoms with van der Waals surface area (Å²) in [7, 11) is 3.27. The van der Waals surface area contributed by atoms with Crippen LogP contribution in [0, 0.1) is 0 Å². The minimum Gasteiger partial charge on any atom is -0.493 e. The van der Waals surface area contributed by atoms with Crippen molar-refractivity contribution >= 4 is 17.6 Å². The van der Waals surface area contributed by atoms with Crippen molar-refractivity contribution in [1.29, 1.82) is 0 Å². The van der Waals surface area contributed by atoms with Crippen molar-refractivity contribution in [2.75, 3.05) is 14.2 Å². The molecule has 0 aliphatic carbocycles. The molecule has 4 aromatic rings. The highest BCUT2D eigenvalue weighted by Gasteiger charge is 2.10. The molecule has 4 rings (SSSR count). The lowest BCUT2D eigenvalue weighted by Crippen LogP contribution is -2.11. The highest BCUT2D eigenvalue weighted by Crippen LogP contribution is 2.29. The number of rotatable bonds is 9. The van der Waals surface area contributed by atoms with E-state index in [0.717, 1.165) is 22.4 Å². The first-order valence-corrected chi connectivity index (χ1v) is 11.5. The molecule has 0 saturated heterocycles. The standard InChI is InChI=1S/C26H23F2N3O3S/c1-29-26-31(22(17-35-26)20-9-11-21(12-10-20)34-25(27)28)30-15-19-8-13-23(24(14-19)32-2)33-16-18-6-4-3-5-7-18/h3-15,17,25H,16H2,1-2H3. The molecule has 3 aromatic carbocycles. The smallest absolute Gasteiger partial charge is 0.387 e. The number of benzene rings is 3. The van der Waals surface area contributed by atoms with Crippen molar-refractivity contribution < 1.29 is 23.0 Å². The minimum absolute atomic E-state index is 0.0936. The zero-order chi connectivity index (χ0) is 24.6. The number of methoxy groups -OCH3 is 1. The van der Waals surface area contributed by atoms with Crippen molar-refractivity contribution in [3.63, 3.8) is 0 Å². The molecule has 6 nitrogen and oxygen atoms in total. The van der Waals surface area contributed by atoms with Gasteiger partial charge >= 0.3 is 6.61 Å². The van der Waals surface area contributed by atoms with Gasteiger partial charge in [-0.05, 0) is 53.6 Å². The van der Waals surface area contributed by atoms with E-state index in [-0.39, 0.29) is 5.75 Å². The molecule has 0 unspecified atom stereocenters. The van der Waals surface area contributed by atoms with Gasteiger partial charge in [-0.2, -0.15) is 13.9 Å². The predicted molar refractivity (Wildman–Crippen MR) is 133 cm³/mol. The number of thiazole rings is 1. The Labute approximate surface area is 205 Å². The van der Waals surface area contributed by atoms with Crippen LogP contribution in [0.4, 0.5) is 8.78 Å². The van der Waals surface area contributed by atoms with E-state index in [1.807, 2.05) is 53.9 Å². The molecule has 9 heteroatoms. The van der Waals surface area contributed by atoms with Gasteiger partial charge in [0.15, 0.2) is 11.5 Å². The Morgan fingerprint density at radius 1 is 1.00 bits per heavy atom. The summed E-state index contributed by atoms with van der Waals surface area (Å²) in [4.78, 5) is 4.97. The monoisotopic (exact) mass is 495 g/mol. The van der Waals surface area contributed by atoms with E-state index in [1.165, 1.54) is 23.5 Å². The van der Waals surface area contributed by atoms with Crippen molar-refractivity contribution in [1.82, 2.24) is 4.68 Å². The molecule has 1 heterocycles. The fourth-order valence-electron chi connectivity index (χ4n) is 3.31. The van der Waals surface area contributed by atoms with Gasteiger partial charge in [-0.3, -0.25) is 4.99 Å². The van der Waals surface area contributed by atoms with Crippen LogP contribution in [0.25, 0.3) is 11.3 Å². The van der Waals surface area contributed by atoms with E-state index < -0.39 is 6.61 Å². The van der Waals surface area contributed by atoms with E-state index in [4.69, 9.17) is 9.47 Å². The number of aromatic nitrogens is 1. The third kappa shape index (κ3) is 6.13. The second kappa shape index (κ2) is 11.4. The lowest BCUT2D eigenvalue weighted by molar-refractivity contribution is -0.0498. The summed E-state index contributed by atoms with van der Waals surface area (Å²) in [5.74, 6) is 1.32. The molecule has 0 N–H and O–H groups in total. The normalized spacial score (nSPS) is 11.9. The molecule has 1 aromatic heterocycles. The summed E-state index contributed by atoms with van der Waals surface area (Å²) in [6.45, 7) is -2.43. The number of hydrogen-bond donors (Lipinski definition) is 0. The Kier molecular flexibility index (Phi) is 7.89. The Bertz CT molecular complexity index is 1350. The Morgan fingerprint density at radius 2 is 1.77 bits per heavy atom. The molecular formula is C26H23F2N3O3S. The molecule has 0 aliphatic rings. The topological polar surface area (TPSA) is 57.3 Å². The number of alkyl halides is 2. The highest BCUT2D eigenvalue weighted by atomic mass is 32.1. The Hall–Kier alpha value is -3.98. The summed E-state index contributed by atoms with van der Waals surface area (Å²) < 4.78 is 42.5. The molecule has 0 fully saturated rings. The zero-order valence-corrected chi connectivity index (χ0v) is 19.9. The molecule has 35 heavy (non-hydrogen) atoms.